The van der Waals surface area contributed by atoms with Gasteiger partial charge in [-0.2, -0.15) is 0 Å². The summed E-state index contributed by atoms with van der Waals surface area (Å²) in [4.78, 5) is 13.5. The molecule has 2 rings (SSSR count). The number of amides is 1. The highest BCUT2D eigenvalue weighted by Crippen LogP contribution is 2.13. The summed E-state index contributed by atoms with van der Waals surface area (Å²) in [6.07, 6.45) is 4.19. The largest absolute Gasteiger partial charge is 0.352 e. The predicted octanol–water partition coefficient (Wildman–Crippen LogP) is -0.0512. The molecule has 0 aromatic rings. The van der Waals surface area contributed by atoms with E-state index in [0.29, 0.717) is 18.5 Å². The van der Waals surface area contributed by atoms with Crippen molar-refractivity contribution in [2.75, 3.05) is 26.7 Å². The standard InChI is InChI=1S/C11H21N3O/c1-14(10-4-6-12-7-5-10)8-9-2-3-11(15)13-9/h9-10,12H,2-8H2,1H3,(H,13,15). The molecule has 4 heteroatoms. The lowest BCUT2D eigenvalue weighted by atomic mass is 10.0. The van der Waals surface area contributed by atoms with Gasteiger partial charge in [0.2, 0.25) is 5.91 Å². The Bertz CT molecular complexity index is 226. The Kier molecular flexibility index (Phi) is 3.59. The fourth-order valence-electron chi connectivity index (χ4n) is 2.56. The molecule has 0 bridgehead atoms. The van der Waals surface area contributed by atoms with E-state index in [4.69, 9.17) is 0 Å². The first-order valence-corrected chi connectivity index (χ1v) is 5.96. The van der Waals surface area contributed by atoms with E-state index in [9.17, 15) is 4.79 Å². The third kappa shape index (κ3) is 2.92. The van der Waals surface area contributed by atoms with Crippen molar-refractivity contribution < 1.29 is 4.79 Å². The molecule has 0 aromatic heterocycles. The molecule has 1 amide bonds. The summed E-state index contributed by atoms with van der Waals surface area (Å²) in [6, 6.07) is 1.08. The van der Waals surface area contributed by atoms with Crippen LogP contribution in [0, 0.1) is 0 Å². The summed E-state index contributed by atoms with van der Waals surface area (Å²) in [7, 11) is 2.18. The van der Waals surface area contributed by atoms with Crippen LogP contribution in [-0.2, 0) is 4.79 Å². The van der Waals surface area contributed by atoms with Gasteiger partial charge in [-0.3, -0.25) is 4.79 Å². The molecule has 0 spiro atoms. The number of hydrogen-bond donors (Lipinski definition) is 2. The van der Waals surface area contributed by atoms with Crippen LogP contribution in [0.4, 0.5) is 0 Å². The van der Waals surface area contributed by atoms with E-state index < -0.39 is 0 Å². The lowest BCUT2D eigenvalue weighted by molar-refractivity contribution is -0.119. The predicted molar refractivity (Wildman–Crippen MR) is 59.7 cm³/mol. The van der Waals surface area contributed by atoms with Gasteiger partial charge < -0.3 is 15.5 Å². The molecule has 1 atom stereocenters. The molecule has 0 radical (unpaired) electrons. The van der Waals surface area contributed by atoms with E-state index in [1.165, 1.54) is 12.8 Å². The summed E-state index contributed by atoms with van der Waals surface area (Å²) >= 11 is 0. The van der Waals surface area contributed by atoms with Crippen molar-refractivity contribution in [3.63, 3.8) is 0 Å². The first-order valence-electron chi connectivity index (χ1n) is 5.96. The lowest BCUT2D eigenvalue weighted by Crippen LogP contribution is -2.46. The maximum Gasteiger partial charge on any atom is 0.220 e. The molecule has 2 heterocycles. The molecule has 15 heavy (non-hydrogen) atoms. The zero-order valence-corrected chi connectivity index (χ0v) is 9.46. The number of piperidine rings is 1. The van der Waals surface area contributed by atoms with Gasteiger partial charge in [0.1, 0.15) is 0 Å². The van der Waals surface area contributed by atoms with Crippen LogP contribution in [0.5, 0.6) is 0 Å². The van der Waals surface area contributed by atoms with Crippen LogP contribution in [0.25, 0.3) is 0 Å². The molecule has 2 saturated heterocycles. The quantitative estimate of drug-likeness (QED) is 0.688. The molecule has 2 N–H and O–H groups in total. The van der Waals surface area contributed by atoms with Crippen molar-refractivity contribution in [3.05, 3.63) is 0 Å². The second-order valence-corrected chi connectivity index (χ2v) is 4.72. The van der Waals surface area contributed by atoms with Gasteiger partial charge >= 0.3 is 0 Å². The van der Waals surface area contributed by atoms with Crippen LogP contribution < -0.4 is 10.6 Å². The zero-order valence-electron chi connectivity index (χ0n) is 9.46. The number of nitrogens with zero attached hydrogens (tertiary/aromatic N) is 1. The maximum atomic E-state index is 11.1. The van der Waals surface area contributed by atoms with Gasteiger partial charge in [0.05, 0.1) is 0 Å². The second kappa shape index (κ2) is 4.94. The average molecular weight is 211 g/mol. The SMILES string of the molecule is CN(CC1CCC(=O)N1)C1CCNCC1. The van der Waals surface area contributed by atoms with E-state index in [1.54, 1.807) is 0 Å². The fraction of sp³-hybridized carbons (Fsp3) is 0.909. The Morgan fingerprint density at radius 2 is 2.07 bits per heavy atom. The highest BCUT2D eigenvalue weighted by Gasteiger charge is 2.25. The molecule has 2 fully saturated rings. The topological polar surface area (TPSA) is 44.4 Å². The molecule has 2 aliphatic rings. The highest BCUT2D eigenvalue weighted by molar-refractivity contribution is 5.78. The second-order valence-electron chi connectivity index (χ2n) is 4.72. The third-order valence-electron chi connectivity index (χ3n) is 3.53. The number of carbonyl (C=O) groups excluding carboxylic acids is 1. The highest BCUT2D eigenvalue weighted by atomic mass is 16.1. The van der Waals surface area contributed by atoms with E-state index in [2.05, 4.69) is 22.6 Å². The molecular formula is C11H21N3O. The minimum atomic E-state index is 0.221. The molecule has 86 valence electrons. The number of hydrogen-bond acceptors (Lipinski definition) is 3. The molecule has 0 aromatic carbocycles. The van der Waals surface area contributed by atoms with Gasteiger partial charge in [-0.15, -0.1) is 0 Å². The van der Waals surface area contributed by atoms with Crippen LogP contribution in [0.3, 0.4) is 0 Å². The van der Waals surface area contributed by atoms with Crippen LogP contribution in [0.2, 0.25) is 0 Å². The number of likely N-dealkylation sites (N-methyl/N-ethyl adjacent to an activating group) is 1. The summed E-state index contributed by atoms with van der Waals surface area (Å²) < 4.78 is 0. The van der Waals surface area contributed by atoms with Crippen molar-refractivity contribution in [1.29, 1.82) is 0 Å². The Labute approximate surface area is 91.4 Å². The van der Waals surface area contributed by atoms with Crippen LogP contribution in [-0.4, -0.2) is 49.6 Å². The molecule has 1 unspecified atom stereocenters. The third-order valence-corrected chi connectivity index (χ3v) is 3.53. The molecule has 2 aliphatic heterocycles. The van der Waals surface area contributed by atoms with Crippen LogP contribution in [0.1, 0.15) is 25.7 Å². The Hall–Kier alpha value is -0.610. The minimum absolute atomic E-state index is 0.221. The van der Waals surface area contributed by atoms with E-state index in [0.717, 1.165) is 26.1 Å². The lowest BCUT2D eigenvalue weighted by Gasteiger charge is -2.33. The van der Waals surface area contributed by atoms with Gasteiger partial charge in [0, 0.05) is 25.0 Å². The summed E-state index contributed by atoms with van der Waals surface area (Å²) in [5.74, 6) is 0.221. The van der Waals surface area contributed by atoms with Crippen molar-refractivity contribution in [2.24, 2.45) is 0 Å². The van der Waals surface area contributed by atoms with Crippen LogP contribution >= 0.6 is 0 Å². The Morgan fingerprint density at radius 1 is 1.33 bits per heavy atom. The fourth-order valence-corrected chi connectivity index (χ4v) is 2.56. The summed E-state index contributed by atoms with van der Waals surface area (Å²) in [5.41, 5.74) is 0. The van der Waals surface area contributed by atoms with Gasteiger partial charge in [0.15, 0.2) is 0 Å². The monoisotopic (exact) mass is 211 g/mol. The van der Waals surface area contributed by atoms with Gasteiger partial charge in [-0.1, -0.05) is 0 Å². The molecule has 4 nitrogen and oxygen atoms in total. The number of rotatable bonds is 3. The van der Waals surface area contributed by atoms with Gasteiger partial charge in [-0.25, -0.2) is 0 Å². The first-order chi connectivity index (χ1) is 7.25. The van der Waals surface area contributed by atoms with Crippen molar-refractivity contribution in [3.8, 4) is 0 Å². The average Bonchev–Trinajstić information content (AvgIpc) is 2.65. The molecular weight excluding hydrogens is 190 g/mol. The van der Waals surface area contributed by atoms with E-state index in [1.807, 2.05) is 0 Å². The van der Waals surface area contributed by atoms with Crippen LogP contribution in [0.15, 0.2) is 0 Å². The molecule has 0 aliphatic carbocycles. The number of carbonyl (C=O) groups is 1. The minimum Gasteiger partial charge on any atom is -0.352 e. The van der Waals surface area contributed by atoms with Gasteiger partial charge in [-0.05, 0) is 39.4 Å². The Balaban J connectivity index is 1.75. The van der Waals surface area contributed by atoms with E-state index >= 15 is 0 Å². The zero-order chi connectivity index (χ0) is 10.7. The Morgan fingerprint density at radius 3 is 2.67 bits per heavy atom. The van der Waals surface area contributed by atoms with Crippen molar-refractivity contribution in [1.82, 2.24) is 15.5 Å². The first kappa shape index (κ1) is 10.9. The van der Waals surface area contributed by atoms with Crippen molar-refractivity contribution in [2.45, 2.75) is 37.8 Å². The summed E-state index contributed by atoms with van der Waals surface area (Å²) in [5, 5.41) is 6.40. The summed E-state index contributed by atoms with van der Waals surface area (Å²) in [6.45, 7) is 3.27. The van der Waals surface area contributed by atoms with Gasteiger partial charge in [0.25, 0.3) is 0 Å². The molecule has 0 saturated carbocycles. The normalized spacial score (nSPS) is 28.4. The number of nitrogens with one attached hydrogen (secondary N) is 2. The maximum absolute atomic E-state index is 11.1. The smallest absolute Gasteiger partial charge is 0.220 e. The van der Waals surface area contributed by atoms with Crippen molar-refractivity contribution >= 4 is 5.91 Å². The van der Waals surface area contributed by atoms with E-state index in [-0.39, 0.29) is 5.91 Å².